The second-order valence-electron chi connectivity index (χ2n) is 5.52. The van der Waals surface area contributed by atoms with Gasteiger partial charge in [0.25, 0.3) is 0 Å². The predicted molar refractivity (Wildman–Crippen MR) is 99.5 cm³/mol. The SMILES string of the molecule is Cc1ccc(NC(=O)[C@H](C)Sc2nc3ccccc3s2)c(C)c1. The average molecular weight is 342 g/mol. The third-order valence-corrected chi connectivity index (χ3v) is 5.79. The summed E-state index contributed by atoms with van der Waals surface area (Å²) >= 11 is 3.13. The molecular formula is C18H18N2OS2. The van der Waals surface area contributed by atoms with Gasteiger partial charge in [0.1, 0.15) is 0 Å². The van der Waals surface area contributed by atoms with Gasteiger partial charge in [-0.25, -0.2) is 4.98 Å². The molecule has 1 N–H and O–H groups in total. The van der Waals surface area contributed by atoms with E-state index in [0.29, 0.717) is 0 Å². The van der Waals surface area contributed by atoms with Gasteiger partial charge < -0.3 is 5.32 Å². The van der Waals surface area contributed by atoms with Crippen molar-refractivity contribution in [2.45, 2.75) is 30.4 Å². The summed E-state index contributed by atoms with van der Waals surface area (Å²) < 4.78 is 2.08. The first-order valence-electron chi connectivity index (χ1n) is 7.43. The van der Waals surface area contributed by atoms with Crippen LogP contribution in [0.15, 0.2) is 46.8 Å². The zero-order chi connectivity index (χ0) is 16.4. The Morgan fingerprint density at radius 1 is 1.22 bits per heavy atom. The van der Waals surface area contributed by atoms with Gasteiger partial charge in [-0.3, -0.25) is 4.79 Å². The number of nitrogens with zero attached hydrogens (tertiary/aromatic N) is 1. The van der Waals surface area contributed by atoms with Crippen molar-refractivity contribution in [1.82, 2.24) is 4.98 Å². The monoisotopic (exact) mass is 342 g/mol. The third-order valence-electron chi connectivity index (χ3n) is 3.56. The standard InChI is InChI=1S/C18H18N2OS2/c1-11-8-9-14(12(2)10-11)19-17(21)13(3)22-18-20-15-6-4-5-7-16(15)23-18/h4-10,13H,1-3H3,(H,19,21)/t13-/m0/s1. The molecule has 1 aromatic heterocycles. The number of hydrogen-bond acceptors (Lipinski definition) is 4. The van der Waals surface area contributed by atoms with E-state index in [1.54, 1.807) is 11.3 Å². The highest BCUT2D eigenvalue weighted by molar-refractivity contribution is 8.02. The Bertz CT molecular complexity index is 824. The summed E-state index contributed by atoms with van der Waals surface area (Å²) in [5.74, 6) is 0.00112. The van der Waals surface area contributed by atoms with E-state index >= 15 is 0 Å². The molecule has 5 heteroatoms. The number of carbonyl (C=O) groups is 1. The maximum Gasteiger partial charge on any atom is 0.237 e. The van der Waals surface area contributed by atoms with E-state index in [1.807, 2.05) is 51.1 Å². The fourth-order valence-electron chi connectivity index (χ4n) is 2.29. The second kappa shape index (κ2) is 6.72. The molecule has 0 unspecified atom stereocenters. The van der Waals surface area contributed by atoms with Gasteiger partial charge in [0, 0.05) is 5.69 Å². The van der Waals surface area contributed by atoms with Gasteiger partial charge in [-0.1, -0.05) is 41.6 Å². The molecule has 1 amide bonds. The van der Waals surface area contributed by atoms with Crippen molar-refractivity contribution in [2.75, 3.05) is 5.32 Å². The van der Waals surface area contributed by atoms with Crippen molar-refractivity contribution in [3.05, 3.63) is 53.6 Å². The number of nitrogens with one attached hydrogen (secondary N) is 1. The third kappa shape index (κ3) is 3.74. The predicted octanol–water partition coefficient (Wildman–Crippen LogP) is 5.03. The van der Waals surface area contributed by atoms with Crippen molar-refractivity contribution in [3.8, 4) is 0 Å². The molecule has 0 aliphatic carbocycles. The molecular weight excluding hydrogens is 324 g/mol. The number of hydrogen-bond donors (Lipinski definition) is 1. The maximum atomic E-state index is 12.4. The van der Waals surface area contributed by atoms with Crippen molar-refractivity contribution in [1.29, 1.82) is 0 Å². The van der Waals surface area contributed by atoms with E-state index in [9.17, 15) is 4.79 Å². The molecule has 3 nitrogen and oxygen atoms in total. The number of rotatable bonds is 4. The molecule has 0 saturated carbocycles. The van der Waals surface area contributed by atoms with Crippen LogP contribution in [0.3, 0.4) is 0 Å². The Morgan fingerprint density at radius 2 is 2.00 bits per heavy atom. The number of carbonyl (C=O) groups excluding carboxylic acids is 1. The van der Waals surface area contributed by atoms with Gasteiger partial charge in [0.15, 0.2) is 4.34 Å². The molecule has 0 radical (unpaired) electrons. The number of fused-ring (bicyclic) bond motifs is 1. The zero-order valence-corrected chi connectivity index (χ0v) is 14.9. The van der Waals surface area contributed by atoms with E-state index < -0.39 is 0 Å². The molecule has 2 aromatic carbocycles. The molecule has 3 rings (SSSR count). The highest BCUT2D eigenvalue weighted by Crippen LogP contribution is 2.32. The van der Waals surface area contributed by atoms with Crippen LogP contribution in [-0.4, -0.2) is 16.1 Å². The number of aryl methyl sites for hydroxylation is 2. The van der Waals surface area contributed by atoms with Crippen LogP contribution in [0.2, 0.25) is 0 Å². The molecule has 0 aliphatic heterocycles. The molecule has 118 valence electrons. The van der Waals surface area contributed by atoms with Crippen molar-refractivity contribution in [3.63, 3.8) is 0 Å². The molecule has 0 spiro atoms. The van der Waals surface area contributed by atoms with Crippen molar-refractivity contribution < 1.29 is 4.79 Å². The Morgan fingerprint density at radius 3 is 2.74 bits per heavy atom. The molecule has 3 aromatic rings. The zero-order valence-electron chi connectivity index (χ0n) is 13.3. The van der Waals surface area contributed by atoms with E-state index in [2.05, 4.69) is 22.4 Å². The highest BCUT2D eigenvalue weighted by Gasteiger charge is 2.17. The molecule has 1 atom stereocenters. The molecule has 0 bridgehead atoms. The van der Waals surface area contributed by atoms with Crippen LogP contribution in [0.25, 0.3) is 10.2 Å². The van der Waals surface area contributed by atoms with Crippen LogP contribution in [0.1, 0.15) is 18.1 Å². The Labute approximate surface area is 144 Å². The first-order chi connectivity index (χ1) is 11.0. The number of aromatic nitrogens is 1. The normalized spacial score (nSPS) is 12.3. The Balaban J connectivity index is 1.69. The lowest BCUT2D eigenvalue weighted by atomic mass is 10.1. The highest BCUT2D eigenvalue weighted by atomic mass is 32.2. The number of thioether (sulfide) groups is 1. The molecule has 0 saturated heterocycles. The summed E-state index contributed by atoms with van der Waals surface area (Å²) in [4.78, 5) is 17.0. The van der Waals surface area contributed by atoms with Crippen LogP contribution >= 0.6 is 23.1 Å². The average Bonchev–Trinajstić information content (AvgIpc) is 2.92. The maximum absolute atomic E-state index is 12.4. The summed E-state index contributed by atoms with van der Waals surface area (Å²) in [5.41, 5.74) is 4.13. The first kappa shape index (κ1) is 16.0. The number of thiazole rings is 1. The van der Waals surface area contributed by atoms with Gasteiger partial charge in [0.05, 0.1) is 15.5 Å². The first-order valence-corrected chi connectivity index (χ1v) is 9.13. The topological polar surface area (TPSA) is 42.0 Å². The smallest absolute Gasteiger partial charge is 0.237 e. The van der Waals surface area contributed by atoms with E-state index in [-0.39, 0.29) is 11.2 Å². The van der Waals surface area contributed by atoms with E-state index in [4.69, 9.17) is 0 Å². The van der Waals surface area contributed by atoms with E-state index in [1.165, 1.54) is 17.3 Å². The molecule has 0 fully saturated rings. The molecule has 23 heavy (non-hydrogen) atoms. The number of benzene rings is 2. The number of para-hydroxylation sites is 1. The van der Waals surface area contributed by atoms with Crippen LogP contribution in [-0.2, 0) is 4.79 Å². The summed E-state index contributed by atoms with van der Waals surface area (Å²) in [6, 6.07) is 14.1. The number of anilines is 1. The van der Waals surface area contributed by atoms with Crippen LogP contribution in [0.5, 0.6) is 0 Å². The van der Waals surface area contributed by atoms with Gasteiger partial charge in [0.2, 0.25) is 5.91 Å². The fraction of sp³-hybridized carbons (Fsp3) is 0.222. The molecule has 0 aliphatic rings. The lowest BCUT2D eigenvalue weighted by Crippen LogP contribution is -2.22. The Kier molecular flexibility index (Phi) is 4.68. The van der Waals surface area contributed by atoms with Crippen LogP contribution < -0.4 is 5.32 Å². The lowest BCUT2D eigenvalue weighted by Gasteiger charge is -2.12. The second-order valence-corrected chi connectivity index (χ2v) is 8.13. The van der Waals surface area contributed by atoms with Gasteiger partial charge in [-0.15, -0.1) is 11.3 Å². The quantitative estimate of drug-likeness (QED) is 0.676. The summed E-state index contributed by atoms with van der Waals surface area (Å²) in [6.45, 7) is 5.97. The summed E-state index contributed by atoms with van der Waals surface area (Å²) in [6.07, 6.45) is 0. The summed E-state index contributed by atoms with van der Waals surface area (Å²) in [5, 5.41) is 2.81. The van der Waals surface area contributed by atoms with Gasteiger partial charge in [-0.05, 0) is 44.5 Å². The Hall–Kier alpha value is -1.85. The largest absolute Gasteiger partial charge is 0.325 e. The summed E-state index contributed by atoms with van der Waals surface area (Å²) in [7, 11) is 0. The van der Waals surface area contributed by atoms with Gasteiger partial charge in [-0.2, -0.15) is 0 Å². The number of amides is 1. The van der Waals surface area contributed by atoms with E-state index in [0.717, 1.165) is 25.8 Å². The van der Waals surface area contributed by atoms with Crippen LogP contribution in [0, 0.1) is 13.8 Å². The minimum atomic E-state index is -0.198. The molecule has 1 heterocycles. The van der Waals surface area contributed by atoms with Crippen LogP contribution in [0.4, 0.5) is 5.69 Å². The van der Waals surface area contributed by atoms with Crippen molar-refractivity contribution >= 4 is 44.9 Å². The minimum absolute atomic E-state index is 0.00112. The minimum Gasteiger partial charge on any atom is -0.325 e. The van der Waals surface area contributed by atoms with Crippen molar-refractivity contribution in [2.24, 2.45) is 0 Å². The fourth-order valence-corrected chi connectivity index (χ4v) is 4.51. The lowest BCUT2D eigenvalue weighted by molar-refractivity contribution is -0.115. The van der Waals surface area contributed by atoms with Gasteiger partial charge >= 0.3 is 0 Å².